The van der Waals surface area contributed by atoms with E-state index >= 15 is 0 Å². The van der Waals surface area contributed by atoms with Crippen LogP contribution in [0.4, 0.5) is 11.5 Å². The van der Waals surface area contributed by atoms with Gasteiger partial charge in [0, 0.05) is 11.6 Å². The highest BCUT2D eigenvalue weighted by molar-refractivity contribution is 6.33. The molecule has 1 aromatic heterocycles. The molecule has 2 aromatic rings. The van der Waals surface area contributed by atoms with Crippen molar-refractivity contribution in [2.45, 2.75) is 0 Å². The number of rotatable bonds is 1. The van der Waals surface area contributed by atoms with E-state index in [1.807, 2.05) is 6.07 Å². The van der Waals surface area contributed by atoms with Crippen molar-refractivity contribution in [2.75, 3.05) is 11.5 Å². The molecule has 0 saturated heterocycles. The molecular weight excluding hydrogens is 200 g/mol. The second-order valence-electron chi connectivity index (χ2n) is 2.94. The number of nitrogens with zero attached hydrogens (tertiary/aromatic N) is 1. The van der Waals surface area contributed by atoms with Gasteiger partial charge in [0.2, 0.25) is 0 Å². The molecule has 0 aliphatic heterocycles. The number of hydrogen-bond donors (Lipinski definition) is 3. The summed E-state index contributed by atoms with van der Waals surface area (Å²) in [7, 11) is 0. The number of anilines is 2. The molecule has 14 heavy (non-hydrogen) atoms. The van der Waals surface area contributed by atoms with Crippen molar-refractivity contribution >= 4 is 23.1 Å². The molecule has 2 rings (SSSR count). The minimum atomic E-state index is 0.452. The molecule has 0 radical (unpaired) electrons. The van der Waals surface area contributed by atoms with Crippen LogP contribution in [0.5, 0.6) is 0 Å². The van der Waals surface area contributed by atoms with Gasteiger partial charge >= 0.3 is 0 Å². The molecule has 0 bridgehead atoms. The molecule has 0 amide bonds. The van der Waals surface area contributed by atoms with Gasteiger partial charge in [-0.2, -0.15) is 5.10 Å². The van der Waals surface area contributed by atoms with Crippen molar-refractivity contribution in [2.24, 2.45) is 0 Å². The number of aromatic nitrogens is 2. The third kappa shape index (κ3) is 1.52. The molecule has 72 valence electrons. The lowest BCUT2D eigenvalue weighted by atomic mass is 10.1. The molecule has 0 atom stereocenters. The van der Waals surface area contributed by atoms with Crippen LogP contribution in [-0.2, 0) is 0 Å². The standard InChI is InChI=1S/C9H9ClN4/c10-6-2-1-5(3-7(6)11)8-4-9(12)14-13-8/h1-4H,11H2,(H3,12,13,14). The van der Waals surface area contributed by atoms with Gasteiger partial charge in [-0.3, -0.25) is 5.10 Å². The Labute approximate surface area is 85.9 Å². The summed E-state index contributed by atoms with van der Waals surface area (Å²) in [6.45, 7) is 0. The quantitative estimate of drug-likeness (QED) is 0.626. The Morgan fingerprint density at radius 1 is 1.21 bits per heavy atom. The number of benzene rings is 1. The maximum absolute atomic E-state index is 5.80. The molecule has 0 aliphatic carbocycles. The van der Waals surface area contributed by atoms with E-state index < -0.39 is 0 Å². The van der Waals surface area contributed by atoms with Crippen LogP contribution in [0.3, 0.4) is 0 Å². The van der Waals surface area contributed by atoms with Crippen molar-refractivity contribution in [3.8, 4) is 11.3 Å². The van der Waals surface area contributed by atoms with Crippen LogP contribution in [0, 0.1) is 0 Å². The van der Waals surface area contributed by atoms with Crippen LogP contribution < -0.4 is 11.5 Å². The van der Waals surface area contributed by atoms with Gasteiger partial charge in [-0.15, -0.1) is 0 Å². The lowest BCUT2D eigenvalue weighted by Crippen LogP contribution is -1.87. The number of H-pyrrole nitrogens is 1. The summed E-state index contributed by atoms with van der Waals surface area (Å²) in [4.78, 5) is 0. The van der Waals surface area contributed by atoms with Crippen LogP contribution in [0.15, 0.2) is 24.3 Å². The average molecular weight is 209 g/mol. The molecular formula is C9H9ClN4. The van der Waals surface area contributed by atoms with E-state index in [0.717, 1.165) is 11.3 Å². The predicted molar refractivity (Wildman–Crippen MR) is 57.9 cm³/mol. The Hall–Kier alpha value is -1.68. The molecule has 5 heteroatoms. The van der Waals surface area contributed by atoms with Crippen LogP contribution in [0.25, 0.3) is 11.3 Å². The van der Waals surface area contributed by atoms with E-state index in [9.17, 15) is 0 Å². The molecule has 0 spiro atoms. The normalized spacial score (nSPS) is 10.4. The topological polar surface area (TPSA) is 80.7 Å². The lowest BCUT2D eigenvalue weighted by Gasteiger charge is -2.00. The largest absolute Gasteiger partial charge is 0.398 e. The van der Waals surface area contributed by atoms with Crippen molar-refractivity contribution in [1.29, 1.82) is 0 Å². The smallest absolute Gasteiger partial charge is 0.145 e. The Balaban J connectivity index is 2.47. The van der Waals surface area contributed by atoms with Crippen LogP contribution >= 0.6 is 11.6 Å². The first-order valence-electron chi connectivity index (χ1n) is 4.03. The van der Waals surface area contributed by atoms with Crippen molar-refractivity contribution < 1.29 is 0 Å². The number of nitrogens with one attached hydrogen (secondary N) is 1. The number of hydrogen-bond acceptors (Lipinski definition) is 3. The molecule has 0 fully saturated rings. The molecule has 1 heterocycles. The first kappa shape index (κ1) is 8.90. The van der Waals surface area contributed by atoms with Gasteiger partial charge in [-0.1, -0.05) is 17.7 Å². The zero-order valence-electron chi connectivity index (χ0n) is 7.29. The maximum atomic E-state index is 5.80. The van der Waals surface area contributed by atoms with Gasteiger partial charge in [-0.25, -0.2) is 0 Å². The zero-order chi connectivity index (χ0) is 10.1. The summed E-state index contributed by atoms with van der Waals surface area (Å²) >= 11 is 5.80. The van der Waals surface area contributed by atoms with Crippen LogP contribution in [0.1, 0.15) is 0 Å². The summed E-state index contributed by atoms with van der Waals surface area (Å²) in [5.41, 5.74) is 13.4. The Bertz CT molecular complexity index is 464. The summed E-state index contributed by atoms with van der Waals surface area (Å²) in [5.74, 6) is 0.452. The Kier molecular flexibility index (Phi) is 2.05. The van der Waals surface area contributed by atoms with Crippen molar-refractivity contribution in [3.63, 3.8) is 0 Å². The monoisotopic (exact) mass is 208 g/mol. The van der Waals surface area contributed by atoms with Gasteiger partial charge in [0.25, 0.3) is 0 Å². The number of halogens is 1. The van der Waals surface area contributed by atoms with Gasteiger partial charge in [0.05, 0.1) is 16.4 Å². The number of nitrogens with two attached hydrogens (primary N) is 2. The first-order chi connectivity index (χ1) is 6.66. The highest BCUT2D eigenvalue weighted by atomic mass is 35.5. The van der Waals surface area contributed by atoms with Crippen LogP contribution in [-0.4, -0.2) is 10.2 Å². The third-order valence-corrected chi connectivity index (χ3v) is 2.25. The fourth-order valence-corrected chi connectivity index (χ4v) is 1.31. The van der Waals surface area contributed by atoms with Gasteiger partial charge in [0.1, 0.15) is 5.82 Å². The molecule has 0 unspecified atom stereocenters. The molecule has 5 N–H and O–H groups in total. The molecule has 0 saturated carbocycles. The van der Waals surface area contributed by atoms with Gasteiger partial charge in [-0.05, 0) is 12.1 Å². The summed E-state index contributed by atoms with van der Waals surface area (Å²) < 4.78 is 0. The van der Waals surface area contributed by atoms with E-state index in [0.29, 0.717) is 16.5 Å². The molecule has 4 nitrogen and oxygen atoms in total. The SMILES string of the molecule is Nc1cc(-c2ccc(Cl)c(N)c2)[nH]n1. The first-order valence-corrected chi connectivity index (χ1v) is 4.41. The second-order valence-corrected chi connectivity index (χ2v) is 3.35. The molecule has 0 aliphatic rings. The lowest BCUT2D eigenvalue weighted by molar-refractivity contribution is 1.10. The number of aromatic amines is 1. The summed E-state index contributed by atoms with van der Waals surface area (Å²) in [6.07, 6.45) is 0. The van der Waals surface area contributed by atoms with Crippen molar-refractivity contribution in [3.05, 3.63) is 29.3 Å². The van der Waals surface area contributed by atoms with E-state index in [4.69, 9.17) is 23.1 Å². The second kappa shape index (κ2) is 3.23. The Morgan fingerprint density at radius 3 is 2.57 bits per heavy atom. The minimum absolute atomic E-state index is 0.452. The van der Waals surface area contributed by atoms with E-state index in [-0.39, 0.29) is 0 Å². The van der Waals surface area contributed by atoms with E-state index in [1.54, 1.807) is 18.2 Å². The molecule has 1 aromatic carbocycles. The third-order valence-electron chi connectivity index (χ3n) is 1.90. The minimum Gasteiger partial charge on any atom is -0.398 e. The van der Waals surface area contributed by atoms with E-state index in [2.05, 4.69) is 10.2 Å². The number of nitrogen functional groups attached to an aromatic ring is 2. The Morgan fingerprint density at radius 2 is 2.00 bits per heavy atom. The average Bonchev–Trinajstić information content (AvgIpc) is 2.57. The fourth-order valence-electron chi connectivity index (χ4n) is 1.20. The summed E-state index contributed by atoms with van der Waals surface area (Å²) in [6, 6.07) is 7.10. The predicted octanol–water partition coefficient (Wildman–Crippen LogP) is 1.89. The van der Waals surface area contributed by atoms with Crippen LogP contribution in [0.2, 0.25) is 5.02 Å². The van der Waals surface area contributed by atoms with E-state index in [1.165, 1.54) is 0 Å². The fraction of sp³-hybridized carbons (Fsp3) is 0. The maximum Gasteiger partial charge on any atom is 0.145 e. The zero-order valence-corrected chi connectivity index (χ0v) is 8.05. The summed E-state index contributed by atoms with van der Waals surface area (Å²) in [5, 5.41) is 7.16. The highest BCUT2D eigenvalue weighted by Crippen LogP contribution is 2.25. The van der Waals surface area contributed by atoms with Gasteiger partial charge < -0.3 is 11.5 Å². The van der Waals surface area contributed by atoms with Gasteiger partial charge in [0.15, 0.2) is 0 Å². The van der Waals surface area contributed by atoms with Crippen molar-refractivity contribution in [1.82, 2.24) is 10.2 Å². The highest BCUT2D eigenvalue weighted by Gasteiger charge is 2.03.